The van der Waals surface area contributed by atoms with Crippen molar-refractivity contribution in [1.29, 1.82) is 0 Å². The lowest BCUT2D eigenvalue weighted by Gasteiger charge is -2.08. The molecule has 0 aliphatic rings. The molecule has 0 radical (unpaired) electrons. The van der Waals surface area contributed by atoms with Crippen LogP contribution in [0.1, 0.15) is 10.5 Å². The first-order valence-electron chi connectivity index (χ1n) is 7.20. The number of benzene rings is 2. The molecule has 5 nitrogen and oxygen atoms in total. The summed E-state index contributed by atoms with van der Waals surface area (Å²) in [7, 11) is 0. The lowest BCUT2D eigenvalue weighted by molar-refractivity contribution is -0.119. The third-order valence-electron chi connectivity index (χ3n) is 3.31. The fraction of sp³-hybridized carbons (Fsp3) is 0.0556. The van der Waals surface area contributed by atoms with Crippen LogP contribution in [0.5, 0.6) is 0 Å². The second kappa shape index (κ2) is 7.10. The minimum Gasteiger partial charge on any atom is -0.451 e. The van der Waals surface area contributed by atoms with E-state index in [9.17, 15) is 9.59 Å². The average molecular weight is 341 g/mol. The average Bonchev–Trinajstić information content (AvgIpc) is 2.59. The van der Waals surface area contributed by atoms with Crippen LogP contribution < -0.4 is 5.32 Å². The van der Waals surface area contributed by atoms with E-state index in [0.29, 0.717) is 16.1 Å². The van der Waals surface area contributed by atoms with Gasteiger partial charge in [-0.1, -0.05) is 41.9 Å². The van der Waals surface area contributed by atoms with Gasteiger partial charge in [0.2, 0.25) is 0 Å². The smallest absolute Gasteiger partial charge is 0.358 e. The van der Waals surface area contributed by atoms with E-state index in [1.165, 1.54) is 6.20 Å². The van der Waals surface area contributed by atoms with Gasteiger partial charge >= 0.3 is 5.97 Å². The van der Waals surface area contributed by atoms with Crippen molar-refractivity contribution in [3.8, 4) is 0 Å². The zero-order valence-corrected chi connectivity index (χ0v) is 13.3. The molecule has 0 unspecified atom stereocenters. The van der Waals surface area contributed by atoms with Crippen LogP contribution >= 0.6 is 11.6 Å². The maximum absolute atomic E-state index is 12.2. The van der Waals surface area contributed by atoms with E-state index in [1.807, 2.05) is 18.2 Å². The van der Waals surface area contributed by atoms with Crippen molar-refractivity contribution in [3.05, 3.63) is 71.5 Å². The molecule has 0 aliphatic carbocycles. The number of carbonyl (C=O) groups is 2. The number of hydrogen-bond acceptors (Lipinski definition) is 4. The van der Waals surface area contributed by atoms with E-state index in [1.54, 1.807) is 36.4 Å². The number of esters is 1. The number of nitrogens with one attached hydrogen (secondary N) is 1. The molecule has 1 N–H and O–H groups in total. The van der Waals surface area contributed by atoms with Gasteiger partial charge in [-0.25, -0.2) is 9.78 Å². The molecule has 3 aromatic rings. The predicted molar refractivity (Wildman–Crippen MR) is 92.1 cm³/mol. The fourth-order valence-electron chi connectivity index (χ4n) is 2.25. The maximum atomic E-state index is 12.2. The van der Waals surface area contributed by atoms with Gasteiger partial charge in [-0.2, -0.15) is 0 Å². The Morgan fingerprint density at radius 3 is 2.75 bits per heavy atom. The van der Waals surface area contributed by atoms with Crippen molar-refractivity contribution in [2.45, 2.75) is 0 Å². The molecular formula is C18H13ClN2O3. The van der Waals surface area contributed by atoms with Crippen molar-refractivity contribution < 1.29 is 14.3 Å². The molecule has 120 valence electrons. The number of rotatable bonds is 4. The lowest BCUT2D eigenvalue weighted by Crippen LogP contribution is -2.21. The summed E-state index contributed by atoms with van der Waals surface area (Å²) in [5.74, 6) is -1.10. The molecule has 2 aromatic carbocycles. The lowest BCUT2D eigenvalue weighted by atomic mass is 10.1. The van der Waals surface area contributed by atoms with Gasteiger partial charge in [0.25, 0.3) is 5.91 Å². The van der Waals surface area contributed by atoms with Gasteiger partial charge < -0.3 is 10.1 Å². The number of halogens is 1. The van der Waals surface area contributed by atoms with E-state index in [4.69, 9.17) is 16.3 Å². The Morgan fingerprint density at radius 1 is 1.08 bits per heavy atom. The molecule has 0 saturated carbocycles. The summed E-state index contributed by atoms with van der Waals surface area (Å²) in [5.41, 5.74) is 0.718. The van der Waals surface area contributed by atoms with Crippen molar-refractivity contribution in [2.75, 3.05) is 11.9 Å². The van der Waals surface area contributed by atoms with Crippen LogP contribution in [0.15, 0.2) is 60.8 Å². The van der Waals surface area contributed by atoms with Gasteiger partial charge in [-0.3, -0.25) is 4.79 Å². The second-order valence-electron chi connectivity index (χ2n) is 5.02. The summed E-state index contributed by atoms with van der Waals surface area (Å²) in [6.07, 6.45) is 1.53. The van der Waals surface area contributed by atoms with Crippen LogP contribution in [0.3, 0.4) is 0 Å². The first-order valence-corrected chi connectivity index (χ1v) is 7.57. The first kappa shape index (κ1) is 16.0. The van der Waals surface area contributed by atoms with Crippen molar-refractivity contribution >= 4 is 39.9 Å². The molecule has 0 bridgehead atoms. The molecule has 1 amide bonds. The number of anilines is 1. The zero-order valence-electron chi connectivity index (χ0n) is 12.5. The first-order chi connectivity index (χ1) is 11.6. The van der Waals surface area contributed by atoms with Crippen molar-refractivity contribution in [3.63, 3.8) is 0 Å². The number of nitrogens with zero attached hydrogens (tertiary/aromatic N) is 1. The molecule has 0 saturated heterocycles. The molecule has 3 rings (SSSR count). The van der Waals surface area contributed by atoms with E-state index in [0.717, 1.165) is 5.39 Å². The van der Waals surface area contributed by atoms with E-state index in [-0.39, 0.29) is 5.69 Å². The van der Waals surface area contributed by atoms with Crippen molar-refractivity contribution in [2.24, 2.45) is 0 Å². The number of aromatic nitrogens is 1. The van der Waals surface area contributed by atoms with E-state index >= 15 is 0 Å². The Kier molecular flexibility index (Phi) is 4.72. The molecule has 1 aromatic heterocycles. The van der Waals surface area contributed by atoms with Crippen LogP contribution in [-0.2, 0) is 9.53 Å². The van der Waals surface area contributed by atoms with Crippen LogP contribution in [-0.4, -0.2) is 23.5 Å². The standard InChI is InChI=1S/C18H13ClN2O3/c19-13-5-3-6-14(10-13)21-16(22)11-24-18(23)17-15-7-2-1-4-12(15)8-9-20-17/h1-10H,11H2,(H,21,22). The van der Waals surface area contributed by atoms with Crippen molar-refractivity contribution in [1.82, 2.24) is 4.98 Å². The number of carbonyl (C=O) groups excluding carboxylic acids is 2. The number of ether oxygens (including phenoxy) is 1. The summed E-state index contributed by atoms with van der Waals surface area (Å²) in [6.45, 7) is -0.407. The molecule has 0 atom stereocenters. The van der Waals surface area contributed by atoms with Crippen LogP contribution in [0.4, 0.5) is 5.69 Å². The van der Waals surface area contributed by atoms with Gasteiger partial charge in [0.15, 0.2) is 12.3 Å². The van der Waals surface area contributed by atoms with Gasteiger partial charge in [0.05, 0.1) is 0 Å². The number of fused-ring (bicyclic) bond motifs is 1. The van der Waals surface area contributed by atoms with Gasteiger partial charge in [0.1, 0.15) is 0 Å². The maximum Gasteiger partial charge on any atom is 0.358 e. The van der Waals surface area contributed by atoms with Gasteiger partial charge in [-0.15, -0.1) is 0 Å². The zero-order chi connectivity index (χ0) is 16.9. The molecule has 6 heteroatoms. The second-order valence-corrected chi connectivity index (χ2v) is 5.45. The Labute approximate surface area is 143 Å². The van der Waals surface area contributed by atoms with E-state index < -0.39 is 18.5 Å². The third-order valence-corrected chi connectivity index (χ3v) is 3.54. The predicted octanol–water partition coefficient (Wildman–Crippen LogP) is 3.68. The van der Waals surface area contributed by atoms with Crippen LogP contribution in [0, 0.1) is 0 Å². The summed E-state index contributed by atoms with van der Waals surface area (Å²) in [5, 5.41) is 4.67. The molecular weight excluding hydrogens is 328 g/mol. The molecule has 0 aliphatic heterocycles. The Hall–Kier alpha value is -2.92. The summed E-state index contributed by atoms with van der Waals surface area (Å²) < 4.78 is 5.05. The van der Waals surface area contributed by atoms with Gasteiger partial charge in [0, 0.05) is 22.3 Å². The third kappa shape index (κ3) is 3.70. The highest BCUT2D eigenvalue weighted by molar-refractivity contribution is 6.30. The molecule has 0 spiro atoms. The summed E-state index contributed by atoms with van der Waals surface area (Å²) >= 11 is 5.85. The highest BCUT2D eigenvalue weighted by Gasteiger charge is 2.14. The highest BCUT2D eigenvalue weighted by Crippen LogP contribution is 2.17. The normalized spacial score (nSPS) is 10.4. The molecule has 24 heavy (non-hydrogen) atoms. The Balaban J connectivity index is 1.65. The largest absolute Gasteiger partial charge is 0.451 e. The minimum absolute atomic E-state index is 0.184. The number of amides is 1. The minimum atomic E-state index is -0.645. The van der Waals surface area contributed by atoms with Crippen LogP contribution in [0.2, 0.25) is 5.02 Å². The van der Waals surface area contributed by atoms with E-state index in [2.05, 4.69) is 10.3 Å². The fourth-order valence-corrected chi connectivity index (χ4v) is 2.44. The topological polar surface area (TPSA) is 68.3 Å². The summed E-state index contributed by atoms with van der Waals surface area (Å²) in [6, 6.07) is 15.9. The van der Waals surface area contributed by atoms with Crippen LogP contribution in [0.25, 0.3) is 10.8 Å². The number of pyridine rings is 1. The molecule has 1 heterocycles. The monoisotopic (exact) mass is 340 g/mol. The number of hydrogen-bond donors (Lipinski definition) is 1. The SMILES string of the molecule is O=C(COC(=O)c1nccc2ccccc12)Nc1cccc(Cl)c1. The Bertz CT molecular complexity index is 906. The quantitative estimate of drug-likeness (QED) is 0.735. The summed E-state index contributed by atoms with van der Waals surface area (Å²) in [4.78, 5) is 28.1. The molecule has 0 fully saturated rings. The van der Waals surface area contributed by atoms with Gasteiger partial charge in [-0.05, 0) is 29.7 Å². The Morgan fingerprint density at radius 2 is 1.92 bits per heavy atom. The highest BCUT2D eigenvalue weighted by atomic mass is 35.5.